The number of anilines is 1. The summed E-state index contributed by atoms with van der Waals surface area (Å²) in [5.41, 5.74) is 2.49. The van der Waals surface area contributed by atoms with Gasteiger partial charge in [-0.05, 0) is 50.3 Å². The van der Waals surface area contributed by atoms with Crippen molar-refractivity contribution in [2.75, 3.05) is 30.3 Å². The SMILES string of the molecule is CC[C@@H](C(=O)NC1CCCC1)N(Cc1cccc(C)c1)C(=O)CCCN(c1ccc2c(c1)OCCO2)S(C)(=O)=O. The van der Waals surface area contributed by atoms with Crippen molar-refractivity contribution in [3.63, 3.8) is 0 Å². The van der Waals surface area contributed by atoms with Gasteiger partial charge in [0.2, 0.25) is 21.8 Å². The van der Waals surface area contributed by atoms with E-state index in [1.807, 2.05) is 38.1 Å². The van der Waals surface area contributed by atoms with E-state index in [1.165, 1.54) is 4.31 Å². The molecule has 4 rings (SSSR count). The van der Waals surface area contributed by atoms with Crippen LogP contribution in [0, 0.1) is 6.92 Å². The van der Waals surface area contributed by atoms with Gasteiger partial charge in [0.05, 0.1) is 11.9 Å². The van der Waals surface area contributed by atoms with Crippen LogP contribution in [0.2, 0.25) is 0 Å². The molecule has 0 spiro atoms. The number of aryl methyl sites for hydroxylation is 1. The van der Waals surface area contributed by atoms with Gasteiger partial charge in [-0.25, -0.2) is 8.42 Å². The standard InChI is InChI=1S/C30H41N3O6S/c1-4-26(30(35)31-24-11-5-6-12-24)32(21-23-10-7-9-22(2)19-23)29(34)13-8-16-33(40(3,36)37)25-14-15-27-28(20-25)39-18-17-38-27/h7,9-10,14-15,19-20,24,26H,4-6,8,11-13,16-18,21H2,1-3H3,(H,31,35)/t26-/m0/s1. The molecule has 0 saturated heterocycles. The molecule has 0 radical (unpaired) electrons. The number of nitrogens with one attached hydrogen (secondary N) is 1. The van der Waals surface area contributed by atoms with Crippen LogP contribution >= 0.6 is 0 Å². The van der Waals surface area contributed by atoms with Gasteiger partial charge < -0.3 is 19.7 Å². The number of ether oxygens (including phenoxy) is 2. The van der Waals surface area contributed by atoms with E-state index in [9.17, 15) is 18.0 Å². The number of benzene rings is 2. The van der Waals surface area contributed by atoms with Crippen molar-refractivity contribution in [1.29, 1.82) is 0 Å². The topological polar surface area (TPSA) is 105 Å². The van der Waals surface area contributed by atoms with Crippen molar-refractivity contribution in [1.82, 2.24) is 10.2 Å². The lowest BCUT2D eigenvalue weighted by molar-refractivity contribution is -0.141. The highest BCUT2D eigenvalue weighted by Gasteiger charge is 2.31. The second-order valence-electron chi connectivity index (χ2n) is 10.7. The van der Waals surface area contributed by atoms with E-state index in [0.29, 0.717) is 49.8 Å². The Balaban J connectivity index is 1.48. The van der Waals surface area contributed by atoms with Crippen LogP contribution in [-0.2, 0) is 26.2 Å². The molecule has 1 heterocycles. The lowest BCUT2D eigenvalue weighted by Crippen LogP contribution is -2.51. The number of carbonyl (C=O) groups is 2. The summed E-state index contributed by atoms with van der Waals surface area (Å²) < 4.78 is 37.9. The van der Waals surface area contributed by atoms with E-state index >= 15 is 0 Å². The number of rotatable bonds is 12. The Morgan fingerprint density at radius 3 is 2.45 bits per heavy atom. The Morgan fingerprint density at radius 2 is 1.77 bits per heavy atom. The van der Waals surface area contributed by atoms with Gasteiger partial charge >= 0.3 is 0 Å². The first-order valence-electron chi connectivity index (χ1n) is 14.2. The Bertz CT molecular complexity index is 1290. The van der Waals surface area contributed by atoms with Gasteiger partial charge in [0, 0.05) is 31.6 Å². The van der Waals surface area contributed by atoms with Crippen LogP contribution in [-0.4, -0.2) is 63.2 Å². The fraction of sp³-hybridized carbons (Fsp3) is 0.533. The zero-order valence-corrected chi connectivity index (χ0v) is 24.5. The molecule has 9 nitrogen and oxygen atoms in total. The molecule has 2 aromatic rings. The lowest BCUT2D eigenvalue weighted by Gasteiger charge is -2.32. The molecule has 0 aromatic heterocycles. The predicted molar refractivity (Wildman–Crippen MR) is 155 cm³/mol. The molecular formula is C30H41N3O6S. The summed E-state index contributed by atoms with van der Waals surface area (Å²) in [4.78, 5) is 28.7. The van der Waals surface area contributed by atoms with Crippen LogP contribution < -0.4 is 19.1 Å². The molecule has 2 aliphatic rings. The molecule has 1 aliphatic carbocycles. The maximum absolute atomic E-state index is 13.7. The molecular weight excluding hydrogens is 530 g/mol. The van der Waals surface area contributed by atoms with Gasteiger partial charge in [0.1, 0.15) is 19.3 Å². The van der Waals surface area contributed by atoms with Crippen LogP contribution in [0.1, 0.15) is 63.0 Å². The summed E-state index contributed by atoms with van der Waals surface area (Å²) in [6.45, 7) is 5.19. The second-order valence-corrected chi connectivity index (χ2v) is 12.6. The Hall–Kier alpha value is -3.27. The number of carbonyl (C=O) groups excluding carboxylic acids is 2. The first kappa shape index (κ1) is 29.7. The fourth-order valence-electron chi connectivity index (χ4n) is 5.49. The number of nitrogens with zero attached hydrogens (tertiary/aromatic N) is 2. The summed E-state index contributed by atoms with van der Waals surface area (Å²) in [5.74, 6) is 0.777. The van der Waals surface area contributed by atoms with E-state index in [-0.39, 0.29) is 30.8 Å². The number of hydrogen-bond acceptors (Lipinski definition) is 6. The zero-order chi connectivity index (χ0) is 28.7. The minimum atomic E-state index is -3.62. The first-order valence-corrected chi connectivity index (χ1v) is 16.0. The summed E-state index contributed by atoms with van der Waals surface area (Å²) >= 11 is 0. The Morgan fingerprint density at radius 1 is 1.05 bits per heavy atom. The summed E-state index contributed by atoms with van der Waals surface area (Å²) in [7, 11) is -3.62. The zero-order valence-electron chi connectivity index (χ0n) is 23.7. The maximum atomic E-state index is 13.7. The fourth-order valence-corrected chi connectivity index (χ4v) is 6.44. The highest BCUT2D eigenvalue weighted by molar-refractivity contribution is 7.92. The smallest absolute Gasteiger partial charge is 0.243 e. The van der Waals surface area contributed by atoms with Crippen molar-refractivity contribution >= 4 is 27.5 Å². The van der Waals surface area contributed by atoms with Gasteiger partial charge in [0.15, 0.2) is 11.5 Å². The number of hydrogen-bond donors (Lipinski definition) is 1. The molecule has 0 bridgehead atoms. The average Bonchev–Trinajstić information content (AvgIpc) is 3.43. The molecule has 1 atom stereocenters. The van der Waals surface area contributed by atoms with Crippen molar-refractivity contribution in [2.45, 2.75) is 77.4 Å². The van der Waals surface area contributed by atoms with E-state index in [1.54, 1.807) is 23.1 Å². The second kappa shape index (κ2) is 13.4. The lowest BCUT2D eigenvalue weighted by atomic mass is 10.1. The molecule has 2 amide bonds. The van der Waals surface area contributed by atoms with Crippen molar-refractivity contribution in [3.8, 4) is 11.5 Å². The Kier molecular flexibility index (Phi) is 9.95. The average molecular weight is 572 g/mol. The van der Waals surface area contributed by atoms with Crippen LogP contribution in [0.25, 0.3) is 0 Å². The monoisotopic (exact) mass is 571 g/mol. The third kappa shape index (κ3) is 7.68. The Labute approximate surface area is 237 Å². The molecule has 40 heavy (non-hydrogen) atoms. The third-order valence-corrected chi connectivity index (χ3v) is 8.68. The van der Waals surface area contributed by atoms with Gasteiger partial charge in [-0.2, -0.15) is 0 Å². The minimum absolute atomic E-state index is 0.107. The van der Waals surface area contributed by atoms with Crippen LogP contribution in [0.15, 0.2) is 42.5 Å². The summed E-state index contributed by atoms with van der Waals surface area (Å²) in [6, 6.07) is 12.5. The third-order valence-electron chi connectivity index (χ3n) is 7.49. The van der Waals surface area contributed by atoms with Crippen LogP contribution in [0.4, 0.5) is 5.69 Å². The minimum Gasteiger partial charge on any atom is -0.486 e. The largest absolute Gasteiger partial charge is 0.486 e. The van der Waals surface area contributed by atoms with E-state index in [0.717, 1.165) is 43.1 Å². The number of fused-ring (bicyclic) bond motifs is 1. The van der Waals surface area contributed by atoms with Gasteiger partial charge in [0.25, 0.3) is 0 Å². The first-order chi connectivity index (χ1) is 19.2. The number of sulfonamides is 1. The molecule has 0 unspecified atom stereocenters. The van der Waals surface area contributed by atoms with Gasteiger partial charge in [-0.1, -0.05) is 49.6 Å². The predicted octanol–water partition coefficient (Wildman–Crippen LogP) is 4.18. The molecule has 1 N–H and O–H groups in total. The van der Waals surface area contributed by atoms with E-state index in [2.05, 4.69) is 5.32 Å². The number of amides is 2. The highest BCUT2D eigenvalue weighted by Crippen LogP contribution is 2.35. The van der Waals surface area contributed by atoms with Gasteiger partial charge in [-0.3, -0.25) is 13.9 Å². The van der Waals surface area contributed by atoms with Crippen LogP contribution in [0.5, 0.6) is 11.5 Å². The summed E-state index contributed by atoms with van der Waals surface area (Å²) in [5, 5.41) is 3.16. The van der Waals surface area contributed by atoms with Gasteiger partial charge in [-0.15, -0.1) is 0 Å². The van der Waals surface area contributed by atoms with Crippen molar-refractivity contribution < 1.29 is 27.5 Å². The highest BCUT2D eigenvalue weighted by atomic mass is 32.2. The quantitative estimate of drug-likeness (QED) is 0.410. The summed E-state index contributed by atoms with van der Waals surface area (Å²) in [6.07, 6.45) is 6.19. The molecule has 1 aliphatic heterocycles. The van der Waals surface area contributed by atoms with E-state index < -0.39 is 16.1 Å². The molecule has 218 valence electrons. The maximum Gasteiger partial charge on any atom is 0.243 e. The molecule has 2 aromatic carbocycles. The normalized spacial score (nSPS) is 15.9. The molecule has 1 fully saturated rings. The molecule has 10 heteroatoms. The van der Waals surface area contributed by atoms with Crippen molar-refractivity contribution in [3.05, 3.63) is 53.6 Å². The van der Waals surface area contributed by atoms with Crippen molar-refractivity contribution in [2.24, 2.45) is 0 Å². The van der Waals surface area contributed by atoms with Crippen LogP contribution in [0.3, 0.4) is 0 Å². The molecule has 1 saturated carbocycles. The van der Waals surface area contributed by atoms with E-state index in [4.69, 9.17) is 9.47 Å².